The van der Waals surface area contributed by atoms with Crippen molar-refractivity contribution in [3.05, 3.63) is 176 Å². The maximum Gasteiger partial charge on any atom is 0.164 e. The van der Waals surface area contributed by atoms with E-state index in [4.69, 9.17) is 19.4 Å². The molecule has 0 bridgehead atoms. The highest BCUT2D eigenvalue weighted by molar-refractivity contribution is 6.13. The molecule has 4 heteroatoms. The van der Waals surface area contributed by atoms with Crippen molar-refractivity contribution in [2.24, 2.45) is 0 Å². The average Bonchev–Trinajstić information content (AvgIpc) is 3.59. The summed E-state index contributed by atoms with van der Waals surface area (Å²) in [6.07, 6.45) is 0. The number of benzene rings is 8. The Bertz CT molecular complexity index is 2900. The van der Waals surface area contributed by atoms with Crippen LogP contribution in [0.2, 0.25) is 0 Å². The van der Waals surface area contributed by atoms with Crippen molar-refractivity contribution in [3.8, 4) is 56.4 Å². The fourth-order valence-electron chi connectivity index (χ4n) is 7.27. The first-order chi connectivity index (χ1) is 25.3. The Morgan fingerprint density at radius 1 is 0.314 bits per heavy atom. The number of rotatable bonds is 5. The molecule has 0 aliphatic heterocycles. The minimum Gasteiger partial charge on any atom is -0.456 e. The molecule has 0 saturated carbocycles. The first-order valence-electron chi connectivity index (χ1n) is 17.1. The maximum atomic E-state index is 6.53. The predicted octanol–water partition coefficient (Wildman–Crippen LogP) is 12.4. The van der Waals surface area contributed by atoms with Crippen molar-refractivity contribution in [1.29, 1.82) is 0 Å². The average molecular weight is 652 g/mol. The lowest BCUT2D eigenvalue weighted by molar-refractivity contribution is 0.669. The van der Waals surface area contributed by atoms with Gasteiger partial charge in [0.15, 0.2) is 17.5 Å². The third kappa shape index (κ3) is 5.04. The third-order valence-electron chi connectivity index (χ3n) is 9.75. The molecule has 238 valence electrons. The van der Waals surface area contributed by atoms with Crippen molar-refractivity contribution < 1.29 is 4.42 Å². The molecule has 2 heterocycles. The molecule has 0 unspecified atom stereocenters. The summed E-state index contributed by atoms with van der Waals surface area (Å²) in [6, 6.07) is 61.0. The molecule has 0 fully saturated rings. The van der Waals surface area contributed by atoms with E-state index in [0.29, 0.717) is 17.5 Å². The van der Waals surface area contributed by atoms with Gasteiger partial charge in [-0.05, 0) is 62.0 Å². The molecule has 8 aromatic carbocycles. The predicted molar refractivity (Wildman–Crippen MR) is 209 cm³/mol. The topological polar surface area (TPSA) is 51.8 Å². The lowest BCUT2D eigenvalue weighted by Gasteiger charge is -2.11. The summed E-state index contributed by atoms with van der Waals surface area (Å²) in [7, 11) is 0. The molecular formula is C47H29N3O. The highest BCUT2D eigenvalue weighted by atomic mass is 16.3. The van der Waals surface area contributed by atoms with Crippen molar-refractivity contribution in [3.63, 3.8) is 0 Å². The highest BCUT2D eigenvalue weighted by Crippen LogP contribution is 2.39. The van der Waals surface area contributed by atoms with Gasteiger partial charge in [-0.25, -0.2) is 15.0 Å². The monoisotopic (exact) mass is 651 g/mol. The number of hydrogen-bond acceptors (Lipinski definition) is 4. The van der Waals surface area contributed by atoms with Gasteiger partial charge in [0.05, 0.1) is 0 Å². The Morgan fingerprint density at radius 2 is 0.824 bits per heavy atom. The van der Waals surface area contributed by atoms with E-state index in [1.54, 1.807) is 0 Å². The standard InChI is InChI=1S/C47H29N3O/c1-2-13-33(14-3-1)45-48-46(34-25-23-32(24-26-34)38-19-8-15-30-11-4-6-17-36(30)38)50-47(49-45)41-21-10-22-42-44(41)40-28-27-35(29-43(40)51-42)39-20-9-16-31-12-5-7-18-37(31)39/h1-29H. The van der Waals surface area contributed by atoms with Gasteiger partial charge < -0.3 is 4.42 Å². The Morgan fingerprint density at radius 3 is 1.53 bits per heavy atom. The Hall–Kier alpha value is -6.91. The zero-order valence-electron chi connectivity index (χ0n) is 27.5. The summed E-state index contributed by atoms with van der Waals surface area (Å²) in [6.45, 7) is 0. The highest BCUT2D eigenvalue weighted by Gasteiger charge is 2.19. The molecule has 0 saturated heterocycles. The summed E-state index contributed by atoms with van der Waals surface area (Å²) in [5.41, 5.74) is 9.00. The van der Waals surface area contributed by atoms with Crippen molar-refractivity contribution in [2.45, 2.75) is 0 Å². The lowest BCUT2D eigenvalue weighted by Crippen LogP contribution is -2.00. The minimum absolute atomic E-state index is 0.600. The van der Waals surface area contributed by atoms with Crippen LogP contribution < -0.4 is 0 Å². The number of hydrogen-bond donors (Lipinski definition) is 0. The second kappa shape index (κ2) is 11.9. The summed E-state index contributed by atoms with van der Waals surface area (Å²) in [5, 5.41) is 6.88. The van der Waals surface area contributed by atoms with E-state index in [0.717, 1.165) is 49.8 Å². The molecule has 10 rings (SSSR count). The van der Waals surface area contributed by atoms with Crippen LogP contribution in [0.25, 0.3) is 99.9 Å². The second-order valence-electron chi connectivity index (χ2n) is 12.8. The zero-order valence-corrected chi connectivity index (χ0v) is 27.5. The third-order valence-corrected chi connectivity index (χ3v) is 9.75. The summed E-state index contributed by atoms with van der Waals surface area (Å²) < 4.78 is 6.53. The fourth-order valence-corrected chi connectivity index (χ4v) is 7.27. The van der Waals surface area contributed by atoms with Crippen molar-refractivity contribution in [2.75, 3.05) is 0 Å². The fraction of sp³-hybridized carbons (Fsp3) is 0. The molecule has 0 spiro atoms. The van der Waals surface area contributed by atoms with Crippen LogP contribution in [0, 0.1) is 0 Å². The molecule has 0 N–H and O–H groups in total. The van der Waals surface area contributed by atoms with E-state index >= 15 is 0 Å². The largest absolute Gasteiger partial charge is 0.456 e. The quantitative estimate of drug-likeness (QED) is 0.186. The van der Waals surface area contributed by atoms with Crippen LogP contribution in [-0.2, 0) is 0 Å². The van der Waals surface area contributed by atoms with Gasteiger partial charge in [-0.1, -0.05) is 158 Å². The van der Waals surface area contributed by atoms with E-state index in [2.05, 4.69) is 133 Å². The van der Waals surface area contributed by atoms with Crippen LogP contribution in [0.1, 0.15) is 0 Å². The van der Waals surface area contributed by atoms with Crippen molar-refractivity contribution in [1.82, 2.24) is 15.0 Å². The minimum atomic E-state index is 0.600. The van der Waals surface area contributed by atoms with Gasteiger partial charge in [-0.15, -0.1) is 0 Å². The molecule has 0 radical (unpaired) electrons. The Balaban J connectivity index is 1.11. The van der Waals surface area contributed by atoms with Gasteiger partial charge in [-0.3, -0.25) is 0 Å². The van der Waals surface area contributed by atoms with E-state index in [-0.39, 0.29) is 0 Å². The van der Waals surface area contributed by atoms with E-state index in [9.17, 15) is 0 Å². The van der Waals surface area contributed by atoms with E-state index in [1.165, 1.54) is 32.7 Å². The summed E-state index contributed by atoms with van der Waals surface area (Å²) >= 11 is 0. The molecule has 0 atom stereocenters. The van der Waals surface area contributed by atoms with Crippen LogP contribution in [0.4, 0.5) is 0 Å². The summed E-state index contributed by atoms with van der Waals surface area (Å²) in [5.74, 6) is 1.84. The smallest absolute Gasteiger partial charge is 0.164 e. The Kier molecular flexibility index (Phi) is 6.78. The van der Waals surface area contributed by atoms with Crippen LogP contribution in [0.3, 0.4) is 0 Å². The van der Waals surface area contributed by atoms with Gasteiger partial charge in [0, 0.05) is 27.5 Å². The van der Waals surface area contributed by atoms with Crippen molar-refractivity contribution >= 4 is 43.5 Å². The molecule has 2 aromatic heterocycles. The van der Waals surface area contributed by atoms with Gasteiger partial charge in [0.2, 0.25) is 0 Å². The van der Waals surface area contributed by atoms with Gasteiger partial charge >= 0.3 is 0 Å². The molecule has 0 amide bonds. The normalized spacial score (nSPS) is 11.5. The first-order valence-corrected chi connectivity index (χ1v) is 17.1. The number of aromatic nitrogens is 3. The zero-order chi connectivity index (χ0) is 33.7. The van der Waals surface area contributed by atoms with Gasteiger partial charge in [0.25, 0.3) is 0 Å². The lowest BCUT2D eigenvalue weighted by atomic mass is 9.97. The van der Waals surface area contributed by atoms with Gasteiger partial charge in [-0.2, -0.15) is 0 Å². The number of fused-ring (bicyclic) bond motifs is 5. The molecular weight excluding hydrogens is 623 g/mol. The van der Waals surface area contributed by atoms with Crippen LogP contribution in [0.15, 0.2) is 180 Å². The van der Waals surface area contributed by atoms with E-state index in [1.807, 2.05) is 42.5 Å². The molecule has 4 nitrogen and oxygen atoms in total. The molecule has 10 aromatic rings. The molecule has 0 aliphatic rings. The molecule has 0 aliphatic carbocycles. The van der Waals surface area contributed by atoms with Crippen LogP contribution in [-0.4, -0.2) is 15.0 Å². The molecule has 51 heavy (non-hydrogen) atoms. The SMILES string of the molecule is c1ccc(-c2nc(-c3ccc(-c4cccc5ccccc45)cc3)nc(-c3cccc4oc5cc(-c6cccc7ccccc67)ccc5c34)n2)cc1. The van der Waals surface area contributed by atoms with Gasteiger partial charge in [0.1, 0.15) is 11.2 Å². The van der Waals surface area contributed by atoms with Crippen LogP contribution >= 0.6 is 0 Å². The first kappa shape index (κ1) is 29.0. The number of nitrogens with zero attached hydrogens (tertiary/aromatic N) is 3. The van der Waals surface area contributed by atoms with Crippen LogP contribution in [0.5, 0.6) is 0 Å². The van der Waals surface area contributed by atoms with E-state index < -0.39 is 0 Å². The summed E-state index contributed by atoms with van der Waals surface area (Å²) in [4.78, 5) is 15.2. The Labute approximate surface area is 294 Å². The maximum absolute atomic E-state index is 6.53. The second-order valence-corrected chi connectivity index (χ2v) is 12.8. The number of furan rings is 1.